The van der Waals surface area contributed by atoms with E-state index >= 15 is 0 Å². The molecule has 0 spiro atoms. The van der Waals surface area contributed by atoms with E-state index in [9.17, 15) is 14.4 Å². The van der Waals surface area contributed by atoms with Gasteiger partial charge in [-0.3, -0.25) is 9.59 Å². The molecule has 0 saturated heterocycles. The zero-order valence-corrected chi connectivity index (χ0v) is 14.1. The summed E-state index contributed by atoms with van der Waals surface area (Å²) in [6.07, 6.45) is 0. The molecule has 7 heteroatoms. The molecule has 1 N–H and O–H groups in total. The number of anilines is 1. The third-order valence-corrected chi connectivity index (χ3v) is 3.69. The Labute approximate surface area is 149 Å². The van der Waals surface area contributed by atoms with Crippen LogP contribution in [0.1, 0.15) is 27.6 Å². The van der Waals surface area contributed by atoms with E-state index in [1.807, 2.05) is 0 Å². The van der Waals surface area contributed by atoms with Crippen LogP contribution in [-0.2, 0) is 9.53 Å². The maximum Gasteiger partial charge on any atom is 0.338 e. The maximum atomic E-state index is 12.1. The molecule has 0 aliphatic carbocycles. The minimum atomic E-state index is -0.635. The van der Waals surface area contributed by atoms with E-state index < -0.39 is 18.5 Å². The molecule has 0 fully saturated rings. The second kappa shape index (κ2) is 7.69. The van der Waals surface area contributed by atoms with Crippen molar-refractivity contribution in [3.63, 3.8) is 0 Å². The normalized spacial score (nSPS) is 12.2. The van der Waals surface area contributed by atoms with Gasteiger partial charge in [-0.2, -0.15) is 0 Å². The zero-order valence-electron chi connectivity index (χ0n) is 14.1. The van der Waals surface area contributed by atoms with Crippen molar-refractivity contribution in [2.24, 2.45) is 0 Å². The van der Waals surface area contributed by atoms with Crippen LogP contribution < -0.4 is 14.8 Å². The number of hydrogen-bond donors (Lipinski definition) is 1. The van der Waals surface area contributed by atoms with Crippen LogP contribution in [-0.4, -0.2) is 37.5 Å². The van der Waals surface area contributed by atoms with Crippen LogP contribution in [0.5, 0.6) is 11.5 Å². The highest BCUT2D eigenvalue weighted by molar-refractivity contribution is 5.97. The summed E-state index contributed by atoms with van der Waals surface area (Å²) in [6, 6.07) is 11.1. The number of benzene rings is 2. The fraction of sp³-hybridized carbons (Fsp3) is 0.211. The number of ether oxygens (including phenoxy) is 3. The number of nitrogens with one attached hydrogen (secondary N) is 1. The van der Waals surface area contributed by atoms with E-state index in [1.54, 1.807) is 36.4 Å². The Morgan fingerprint density at radius 3 is 2.31 bits per heavy atom. The first kappa shape index (κ1) is 17.5. The SMILES string of the molecule is CC(=O)c1ccc(NC(=O)COC(=O)c2ccc3c(c2)OCCO3)cc1. The lowest BCUT2D eigenvalue weighted by Gasteiger charge is -2.18. The number of amides is 1. The number of Topliss-reactive ketones (excluding diaryl/α,β-unsaturated/α-hetero) is 1. The number of rotatable bonds is 5. The average Bonchev–Trinajstić information content (AvgIpc) is 2.66. The smallest absolute Gasteiger partial charge is 0.338 e. The predicted octanol–water partition coefficient (Wildman–Crippen LogP) is 2.46. The Hall–Kier alpha value is -3.35. The van der Waals surface area contributed by atoms with Crippen molar-refractivity contribution in [1.82, 2.24) is 0 Å². The number of hydrogen-bond acceptors (Lipinski definition) is 6. The molecule has 1 heterocycles. The number of fused-ring (bicyclic) bond motifs is 1. The Kier molecular flexibility index (Phi) is 5.17. The molecule has 0 unspecified atom stereocenters. The van der Waals surface area contributed by atoms with E-state index in [2.05, 4.69) is 5.32 Å². The molecule has 2 aromatic rings. The van der Waals surface area contributed by atoms with E-state index in [1.165, 1.54) is 13.0 Å². The molecule has 1 aliphatic heterocycles. The molecule has 0 saturated carbocycles. The highest BCUT2D eigenvalue weighted by atomic mass is 16.6. The van der Waals surface area contributed by atoms with Gasteiger partial charge in [0.25, 0.3) is 5.91 Å². The first-order valence-corrected chi connectivity index (χ1v) is 8.00. The summed E-state index contributed by atoms with van der Waals surface area (Å²) in [5.74, 6) is -0.132. The molecule has 134 valence electrons. The van der Waals surface area contributed by atoms with Gasteiger partial charge in [-0.1, -0.05) is 0 Å². The Bertz CT molecular complexity index is 844. The van der Waals surface area contributed by atoms with E-state index in [0.29, 0.717) is 36.0 Å². The van der Waals surface area contributed by atoms with Crippen molar-refractivity contribution < 1.29 is 28.6 Å². The fourth-order valence-corrected chi connectivity index (χ4v) is 2.37. The van der Waals surface area contributed by atoms with Crippen LogP contribution in [0.2, 0.25) is 0 Å². The van der Waals surface area contributed by atoms with Gasteiger partial charge >= 0.3 is 5.97 Å². The second-order valence-electron chi connectivity index (χ2n) is 5.62. The van der Waals surface area contributed by atoms with Crippen LogP contribution in [0.4, 0.5) is 5.69 Å². The lowest BCUT2D eigenvalue weighted by Crippen LogP contribution is -2.21. The Balaban J connectivity index is 1.54. The van der Waals surface area contributed by atoms with Gasteiger partial charge in [0.05, 0.1) is 5.56 Å². The quantitative estimate of drug-likeness (QED) is 0.654. The second-order valence-corrected chi connectivity index (χ2v) is 5.62. The minimum absolute atomic E-state index is 0.0590. The Morgan fingerprint density at radius 2 is 1.62 bits per heavy atom. The largest absolute Gasteiger partial charge is 0.486 e. The van der Waals surface area contributed by atoms with Crippen LogP contribution in [0, 0.1) is 0 Å². The van der Waals surface area contributed by atoms with E-state index in [-0.39, 0.29) is 11.3 Å². The van der Waals surface area contributed by atoms with Gasteiger partial charge in [0.15, 0.2) is 23.9 Å². The summed E-state index contributed by atoms with van der Waals surface area (Å²) in [7, 11) is 0. The lowest BCUT2D eigenvalue weighted by molar-refractivity contribution is -0.119. The van der Waals surface area contributed by atoms with Gasteiger partial charge in [0, 0.05) is 11.3 Å². The molecule has 26 heavy (non-hydrogen) atoms. The number of ketones is 1. The van der Waals surface area contributed by atoms with Crippen molar-refractivity contribution in [3.05, 3.63) is 53.6 Å². The van der Waals surface area contributed by atoms with E-state index in [0.717, 1.165) is 0 Å². The topological polar surface area (TPSA) is 90.9 Å². The molecule has 0 radical (unpaired) electrons. The number of esters is 1. The van der Waals surface area contributed by atoms with Gasteiger partial charge in [-0.05, 0) is 49.4 Å². The first-order valence-electron chi connectivity index (χ1n) is 8.00. The number of carbonyl (C=O) groups excluding carboxylic acids is 3. The monoisotopic (exact) mass is 355 g/mol. The minimum Gasteiger partial charge on any atom is -0.486 e. The van der Waals surface area contributed by atoms with Gasteiger partial charge < -0.3 is 19.5 Å². The summed E-state index contributed by atoms with van der Waals surface area (Å²) in [5.41, 5.74) is 1.33. The van der Waals surface area contributed by atoms with Crippen LogP contribution in [0.25, 0.3) is 0 Å². The van der Waals surface area contributed by atoms with Gasteiger partial charge in [0.2, 0.25) is 0 Å². The molecular formula is C19H17NO6. The van der Waals surface area contributed by atoms with Gasteiger partial charge in [-0.15, -0.1) is 0 Å². The summed E-state index contributed by atoms with van der Waals surface area (Å²) < 4.78 is 15.8. The van der Waals surface area contributed by atoms with Gasteiger partial charge in [0.1, 0.15) is 13.2 Å². The summed E-state index contributed by atoms with van der Waals surface area (Å²) in [6.45, 7) is 1.91. The molecule has 3 rings (SSSR count). The summed E-state index contributed by atoms with van der Waals surface area (Å²) in [4.78, 5) is 35.2. The third kappa shape index (κ3) is 4.18. The zero-order chi connectivity index (χ0) is 18.5. The standard InChI is InChI=1S/C19H17NO6/c1-12(21)13-2-5-15(6-3-13)20-18(22)11-26-19(23)14-4-7-16-17(10-14)25-9-8-24-16/h2-7,10H,8-9,11H2,1H3,(H,20,22). The predicted molar refractivity (Wildman–Crippen MR) is 92.8 cm³/mol. The molecule has 0 atom stereocenters. The first-order chi connectivity index (χ1) is 12.5. The van der Waals surface area contributed by atoms with Crippen molar-refractivity contribution in [3.8, 4) is 11.5 Å². The Morgan fingerprint density at radius 1 is 0.962 bits per heavy atom. The lowest BCUT2D eigenvalue weighted by atomic mass is 10.1. The van der Waals surface area contributed by atoms with Crippen LogP contribution in [0.15, 0.2) is 42.5 Å². The maximum absolute atomic E-state index is 12.1. The molecule has 0 aromatic heterocycles. The molecule has 7 nitrogen and oxygen atoms in total. The van der Waals surface area contributed by atoms with Crippen molar-refractivity contribution in [1.29, 1.82) is 0 Å². The fourth-order valence-electron chi connectivity index (χ4n) is 2.37. The molecule has 1 amide bonds. The van der Waals surface area contributed by atoms with Crippen LogP contribution in [0.3, 0.4) is 0 Å². The van der Waals surface area contributed by atoms with Crippen molar-refractivity contribution in [2.45, 2.75) is 6.92 Å². The molecular weight excluding hydrogens is 338 g/mol. The third-order valence-electron chi connectivity index (χ3n) is 3.69. The van der Waals surface area contributed by atoms with Crippen LogP contribution >= 0.6 is 0 Å². The number of carbonyl (C=O) groups is 3. The summed E-state index contributed by atoms with van der Waals surface area (Å²) >= 11 is 0. The molecule has 0 bridgehead atoms. The molecule has 2 aromatic carbocycles. The highest BCUT2D eigenvalue weighted by Gasteiger charge is 2.16. The van der Waals surface area contributed by atoms with Gasteiger partial charge in [-0.25, -0.2) is 4.79 Å². The van der Waals surface area contributed by atoms with Crippen molar-refractivity contribution >= 4 is 23.3 Å². The highest BCUT2D eigenvalue weighted by Crippen LogP contribution is 2.30. The summed E-state index contributed by atoms with van der Waals surface area (Å²) in [5, 5.41) is 2.59. The average molecular weight is 355 g/mol. The van der Waals surface area contributed by atoms with Crippen molar-refractivity contribution in [2.75, 3.05) is 25.1 Å². The molecule has 1 aliphatic rings. The van der Waals surface area contributed by atoms with E-state index in [4.69, 9.17) is 14.2 Å².